The van der Waals surface area contributed by atoms with E-state index in [0.29, 0.717) is 6.17 Å². The van der Waals surface area contributed by atoms with E-state index in [0.717, 1.165) is 11.0 Å². The second-order valence-corrected chi connectivity index (χ2v) is 7.28. The average Bonchev–Trinajstić information content (AvgIpc) is 2.86. The van der Waals surface area contributed by atoms with E-state index in [1.165, 1.54) is 17.7 Å². The number of likely N-dealkylation sites (tertiary alicyclic amines) is 1. The number of likely N-dealkylation sites (N-methyl/N-ethyl adjacent to an activating group) is 1. The number of nitrogens with zero attached hydrogens (tertiary/aromatic N) is 1. The fourth-order valence-electron chi connectivity index (χ4n) is 3.89. The van der Waals surface area contributed by atoms with E-state index in [9.17, 15) is 0 Å². The fourth-order valence-corrected chi connectivity index (χ4v) is 4.25. The van der Waals surface area contributed by atoms with Crippen LogP contribution >= 0.6 is 15.9 Å². The lowest BCUT2D eigenvalue weighted by molar-refractivity contribution is 0.178. The minimum atomic E-state index is 0.0640. The molecule has 102 valence electrons. The van der Waals surface area contributed by atoms with Crippen LogP contribution < -0.4 is 5.32 Å². The van der Waals surface area contributed by atoms with Gasteiger partial charge in [0.2, 0.25) is 0 Å². The predicted molar refractivity (Wildman–Crippen MR) is 84.5 cm³/mol. The maximum Gasteiger partial charge on any atom is 0.0899 e. The second-order valence-electron chi connectivity index (χ2n) is 6.36. The Morgan fingerprint density at radius 1 is 1.53 bits per heavy atom. The molecule has 2 atom stereocenters. The molecule has 0 aromatic heterocycles. The summed E-state index contributed by atoms with van der Waals surface area (Å²) in [7, 11) is 2.21. The van der Waals surface area contributed by atoms with Crippen LogP contribution in [0.2, 0.25) is 0 Å². The Hall–Kier alpha value is -0.800. The van der Waals surface area contributed by atoms with Crippen LogP contribution in [0.1, 0.15) is 25.8 Å². The molecule has 0 spiro atoms. The molecule has 2 heterocycles. The summed E-state index contributed by atoms with van der Waals surface area (Å²) in [4.78, 5) is 2.43. The lowest BCUT2D eigenvalue weighted by Gasteiger charge is -2.43. The fraction of sp³-hybridized carbons (Fsp3) is 0.500. The molecular weight excluding hydrogens is 300 g/mol. The summed E-state index contributed by atoms with van der Waals surface area (Å²) in [5, 5.41) is 3.72. The minimum absolute atomic E-state index is 0.0640. The standard InChI is InChI=1S/C16H21BrN2/c1-5-15(2,3)16-8-9-19(4)14(16)18-13-10-11(17)6-7-12(13)16/h5-7,10,14,18H,1,8-9H2,2-4H3/t14-,16+/m0/s1. The van der Waals surface area contributed by atoms with E-state index in [1.807, 2.05) is 0 Å². The van der Waals surface area contributed by atoms with Crippen LogP contribution in [-0.4, -0.2) is 24.7 Å². The number of halogens is 1. The Labute approximate surface area is 124 Å². The molecule has 0 aliphatic carbocycles. The molecule has 2 aliphatic rings. The molecule has 1 aromatic rings. The lowest BCUT2D eigenvalue weighted by atomic mass is 9.61. The summed E-state index contributed by atoms with van der Waals surface area (Å²) in [5.41, 5.74) is 2.89. The molecule has 1 saturated heterocycles. The van der Waals surface area contributed by atoms with Crippen molar-refractivity contribution in [2.24, 2.45) is 5.41 Å². The van der Waals surface area contributed by atoms with Crippen molar-refractivity contribution in [3.63, 3.8) is 0 Å². The van der Waals surface area contributed by atoms with Gasteiger partial charge in [-0.2, -0.15) is 0 Å². The highest BCUT2D eigenvalue weighted by atomic mass is 79.9. The molecule has 0 radical (unpaired) electrons. The Kier molecular flexibility index (Phi) is 2.84. The van der Waals surface area contributed by atoms with Crippen molar-refractivity contribution in [3.8, 4) is 0 Å². The number of rotatable bonds is 2. The SMILES string of the molecule is C=CC(C)(C)[C@@]12CCN(C)[C@@H]1Nc1cc(Br)ccc12. The predicted octanol–water partition coefficient (Wildman–Crippen LogP) is 3.99. The first-order valence-electron chi connectivity index (χ1n) is 6.83. The van der Waals surface area contributed by atoms with Gasteiger partial charge in [-0.3, -0.25) is 4.90 Å². The Morgan fingerprint density at radius 2 is 2.26 bits per heavy atom. The van der Waals surface area contributed by atoms with Gasteiger partial charge in [-0.05, 0) is 36.6 Å². The highest BCUT2D eigenvalue weighted by Gasteiger charge is 2.59. The average molecular weight is 321 g/mol. The Morgan fingerprint density at radius 3 is 2.95 bits per heavy atom. The first kappa shape index (κ1) is 13.2. The van der Waals surface area contributed by atoms with Gasteiger partial charge in [0.15, 0.2) is 0 Å². The first-order valence-corrected chi connectivity index (χ1v) is 7.62. The van der Waals surface area contributed by atoms with Crippen molar-refractivity contribution in [2.75, 3.05) is 18.9 Å². The van der Waals surface area contributed by atoms with Crippen LogP contribution in [0.5, 0.6) is 0 Å². The van der Waals surface area contributed by atoms with Crippen LogP contribution in [0.25, 0.3) is 0 Å². The number of hydrogen-bond donors (Lipinski definition) is 1. The number of hydrogen-bond acceptors (Lipinski definition) is 2. The first-order chi connectivity index (χ1) is 8.92. The van der Waals surface area contributed by atoms with Crippen LogP contribution in [0.4, 0.5) is 5.69 Å². The van der Waals surface area contributed by atoms with Crippen molar-refractivity contribution in [1.29, 1.82) is 0 Å². The van der Waals surface area contributed by atoms with Gasteiger partial charge in [0.05, 0.1) is 6.17 Å². The maximum absolute atomic E-state index is 4.09. The second kappa shape index (κ2) is 4.10. The van der Waals surface area contributed by atoms with Crippen molar-refractivity contribution in [1.82, 2.24) is 4.90 Å². The number of anilines is 1. The largest absolute Gasteiger partial charge is 0.369 e. The van der Waals surface area contributed by atoms with Crippen molar-refractivity contribution in [2.45, 2.75) is 31.8 Å². The molecular formula is C16H21BrN2. The summed E-state index contributed by atoms with van der Waals surface area (Å²) in [6, 6.07) is 6.63. The molecule has 1 N–H and O–H groups in total. The summed E-state index contributed by atoms with van der Waals surface area (Å²) >= 11 is 3.57. The van der Waals surface area contributed by atoms with E-state index >= 15 is 0 Å². The molecule has 3 rings (SSSR count). The summed E-state index contributed by atoms with van der Waals surface area (Å²) in [5.74, 6) is 0. The topological polar surface area (TPSA) is 15.3 Å². The molecule has 3 heteroatoms. The van der Waals surface area contributed by atoms with Crippen LogP contribution in [0.15, 0.2) is 35.3 Å². The van der Waals surface area contributed by atoms with Gasteiger partial charge < -0.3 is 5.32 Å². The maximum atomic E-state index is 4.09. The summed E-state index contributed by atoms with van der Waals surface area (Å²) in [6.45, 7) is 9.84. The molecule has 0 amide bonds. The Bertz CT molecular complexity index is 538. The number of nitrogens with one attached hydrogen (secondary N) is 1. The van der Waals surface area contributed by atoms with E-state index in [1.54, 1.807) is 0 Å². The monoisotopic (exact) mass is 320 g/mol. The van der Waals surface area contributed by atoms with Crippen LogP contribution in [-0.2, 0) is 5.41 Å². The highest BCUT2D eigenvalue weighted by molar-refractivity contribution is 9.10. The van der Waals surface area contributed by atoms with E-state index < -0.39 is 0 Å². The van der Waals surface area contributed by atoms with Gasteiger partial charge in [-0.15, -0.1) is 6.58 Å². The van der Waals surface area contributed by atoms with Gasteiger partial charge >= 0.3 is 0 Å². The molecule has 2 nitrogen and oxygen atoms in total. The number of benzene rings is 1. The summed E-state index contributed by atoms with van der Waals surface area (Å²) < 4.78 is 1.13. The van der Waals surface area contributed by atoms with Gasteiger partial charge in [-0.25, -0.2) is 0 Å². The molecule has 19 heavy (non-hydrogen) atoms. The highest BCUT2D eigenvalue weighted by Crippen LogP contribution is 2.58. The molecule has 0 saturated carbocycles. The van der Waals surface area contributed by atoms with Crippen LogP contribution in [0, 0.1) is 5.41 Å². The smallest absolute Gasteiger partial charge is 0.0899 e. The quantitative estimate of drug-likeness (QED) is 0.829. The van der Waals surface area contributed by atoms with Gasteiger partial charge in [0.25, 0.3) is 0 Å². The zero-order valence-electron chi connectivity index (χ0n) is 11.8. The third-order valence-corrected chi connectivity index (χ3v) is 5.67. The van der Waals surface area contributed by atoms with E-state index in [-0.39, 0.29) is 10.8 Å². The van der Waals surface area contributed by atoms with Crippen molar-refractivity contribution < 1.29 is 0 Å². The zero-order valence-corrected chi connectivity index (χ0v) is 13.4. The minimum Gasteiger partial charge on any atom is -0.369 e. The molecule has 1 fully saturated rings. The molecule has 1 aromatic carbocycles. The van der Waals surface area contributed by atoms with E-state index in [4.69, 9.17) is 0 Å². The van der Waals surface area contributed by atoms with Gasteiger partial charge in [0.1, 0.15) is 0 Å². The van der Waals surface area contributed by atoms with Crippen molar-refractivity contribution in [3.05, 3.63) is 40.9 Å². The number of fused-ring (bicyclic) bond motifs is 3. The van der Waals surface area contributed by atoms with E-state index in [2.05, 4.69) is 77.9 Å². The van der Waals surface area contributed by atoms with Gasteiger partial charge in [0, 0.05) is 22.1 Å². The summed E-state index contributed by atoms with van der Waals surface area (Å²) in [6.07, 6.45) is 3.66. The Balaban J connectivity index is 2.22. The third-order valence-electron chi connectivity index (χ3n) is 5.18. The lowest BCUT2D eigenvalue weighted by Crippen LogP contribution is -2.49. The van der Waals surface area contributed by atoms with Crippen LogP contribution in [0.3, 0.4) is 0 Å². The molecule has 0 bridgehead atoms. The normalized spacial score (nSPS) is 29.8. The molecule has 0 unspecified atom stereocenters. The molecule has 2 aliphatic heterocycles. The number of allylic oxidation sites excluding steroid dienone is 1. The zero-order chi connectivity index (χ0) is 13.8. The van der Waals surface area contributed by atoms with Gasteiger partial charge in [-0.1, -0.05) is 41.9 Å². The van der Waals surface area contributed by atoms with Crippen molar-refractivity contribution >= 4 is 21.6 Å². The third kappa shape index (κ3) is 1.58.